The molecule has 5 heteroatoms. The molecule has 5 nitrogen and oxygen atoms in total. The van der Waals surface area contributed by atoms with Crippen LogP contribution in [0.5, 0.6) is 0 Å². The van der Waals surface area contributed by atoms with E-state index in [1.807, 2.05) is 6.92 Å². The van der Waals surface area contributed by atoms with E-state index < -0.39 is 0 Å². The zero-order chi connectivity index (χ0) is 14.5. The largest absolute Gasteiger partial charge is 0.376 e. The van der Waals surface area contributed by atoms with E-state index in [1.54, 1.807) is 17.9 Å². The quantitative estimate of drug-likeness (QED) is 0.892. The Balaban J connectivity index is 2.14. The van der Waals surface area contributed by atoms with Crippen molar-refractivity contribution in [1.29, 1.82) is 0 Å². The molecule has 20 heavy (non-hydrogen) atoms. The van der Waals surface area contributed by atoms with E-state index in [1.165, 1.54) is 6.07 Å². The molecule has 1 atom stereocenters. The molecule has 2 heterocycles. The molecule has 1 aliphatic heterocycles. The van der Waals surface area contributed by atoms with Crippen molar-refractivity contribution in [2.75, 3.05) is 19.7 Å². The third kappa shape index (κ3) is 3.70. The number of aryl methyl sites for hydroxylation is 1. The molecule has 1 N–H and O–H groups in total. The second-order valence-corrected chi connectivity index (χ2v) is 5.30. The number of hydrogen-bond acceptors (Lipinski definition) is 3. The number of rotatable bonds is 5. The monoisotopic (exact) mass is 278 g/mol. The molecule has 0 unspecified atom stereocenters. The van der Waals surface area contributed by atoms with E-state index in [0.717, 1.165) is 25.9 Å². The Morgan fingerprint density at radius 2 is 2.30 bits per heavy atom. The molecule has 0 saturated carbocycles. The third-order valence-corrected chi connectivity index (χ3v) is 3.45. The Hall–Kier alpha value is -1.62. The van der Waals surface area contributed by atoms with Crippen LogP contribution in [-0.2, 0) is 4.74 Å². The van der Waals surface area contributed by atoms with Crippen molar-refractivity contribution in [1.82, 2.24) is 9.88 Å². The van der Waals surface area contributed by atoms with Gasteiger partial charge < -0.3 is 14.6 Å². The van der Waals surface area contributed by atoms with Crippen molar-refractivity contribution >= 4 is 5.91 Å². The highest BCUT2D eigenvalue weighted by atomic mass is 16.5. The lowest BCUT2D eigenvalue weighted by molar-refractivity contribution is 0.0526. The van der Waals surface area contributed by atoms with Gasteiger partial charge in [-0.2, -0.15) is 0 Å². The average molecular weight is 278 g/mol. The summed E-state index contributed by atoms with van der Waals surface area (Å²) in [5.41, 5.74) is 0.925. The molecular formula is C15H22N2O3. The van der Waals surface area contributed by atoms with Gasteiger partial charge in [-0.05, 0) is 32.3 Å². The van der Waals surface area contributed by atoms with Gasteiger partial charge in [0.25, 0.3) is 5.91 Å². The fourth-order valence-corrected chi connectivity index (χ4v) is 2.57. The first kappa shape index (κ1) is 14.8. The van der Waals surface area contributed by atoms with Crippen LogP contribution in [0.1, 0.15) is 42.2 Å². The highest BCUT2D eigenvalue weighted by Crippen LogP contribution is 2.15. The maximum absolute atomic E-state index is 12.5. The molecule has 110 valence electrons. The van der Waals surface area contributed by atoms with Gasteiger partial charge in [0.2, 0.25) is 5.56 Å². The SMILES string of the molecule is CCCN(C[C@@H]1CCCO1)C(=O)c1cc(C)[nH]c(=O)c1. The lowest BCUT2D eigenvalue weighted by Gasteiger charge is -2.25. The molecule has 0 spiro atoms. The summed E-state index contributed by atoms with van der Waals surface area (Å²) in [6.07, 6.45) is 3.08. The number of nitrogens with zero attached hydrogens (tertiary/aromatic N) is 1. The van der Waals surface area contributed by atoms with E-state index in [9.17, 15) is 9.59 Å². The number of amides is 1. The lowest BCUT2D eigenvalue weighted by atomic mass is 10.1. The normalized spacial score (nSPS) is 18.2. The van der Waals surface area contributed by atoms with E-state index in [-0.39, 0.29) is 17.6 Å². The van der Waals surface area contributed by atoms with Crippen LogP contribution in [0.4, 0.5) is 0 Å². The summed E-state index contributed by atoms with van der Waals surface area (Å²) >= 11 is 0. The first-order chi connectivity index (χ1) is 9.60. The van der Waals surface area contributed by atoms with Gasteiger partial charge in [0.05, 0.1) is 6.10 Å². The van der Waals surface area contributed by atoms with Gasteiger partial charge in [0, 0.05) is 37.0 Å². The maximum Gasteiger partial charge on any atom is 0.254 e. The van der Waals surface area contributed by atoms with Gasteiger partial charge in [-0.15, -0.1) is 0 Å². The van der Waals surface area contributed by atoms with Crippen molar-refractivity contribution in [2.45, 2.75) is 39.2 Å². The van der Waals surface area contributed by atoms with Gasteiger partial charge in [0.1, 0.15) is 0 Å². The summed E-state index contributed by atoms with van der Waals surface area (Å²) in [6.45, 7) is 5.90. The van der Waals surface area contributed by atoms with Crippen molar-refractivity contribution in [2.24, 2.45) is 0 Å². The van der Waals surface area contributed by atoms with Gasteiger partial charge in [-0.25, -0.2) is 0 Å². The van der Waals surface area contributed by atoms with E-state index in [2.05, 4.69) is 4.98 Å². The minimum absolute atomic E-state index is 0.0865. The molecular weight excluding hydrogens is 256 g/mol. The Bertz CT molecular complexity index is 518. The number of aromatic amines is 1. The molecule has 2 rings (SSSR count). The molecule has 0 radical (unpaired) electrons. The third-order valence-electron chi connectivity index (χ3n) is 3.45. The van der Waals surface area contributed by atoms with Gasteiger partial charge in [-0.1, -0.05) is 6.92 Å². The number of carbonyl (C=O) groups is 1. The van der Waals surface area contributed by atoms with E-state index in [0.29, 0.717) is 24.3 Å². The number of nitrogens with one attached hydrogen (secondary N) is 1. The summed E-state index contributed by atoms with van der Waals surface area (Å²) in [5, 5.41) is 0. The number of aromatic nitrogens is 1. The Morgan fingerprint density at radius 1 is 1.50 bits per heavy atom. The maximum atomic E-state index is 12.5. The molecule has 1 aliphatic rings. The summed E-state index contributed by atoms with van der Waals surface area (Å²) < 4.78 is 5.60. The summed E-state index contributed by atoms with van der Waals surface area (Å²) in [7, 11) is 0. The van der Waals surface area contributed by atoms with Crippen molar-refractivity contribution in [3.05, 3.63) is 33.7 Å². The Kier molecular flexibility index (Phi) is 4.95. The minimum atomic E-state index is -0.234. The van der Waals surface area contributed by atoms with Crippen LogP contribution < -0.4 is 5.56 Å². The summed E-state index contributed by atoms with van der Waals surface area (Å²) in [5.74, 6) is -0.0865. The van der Waals surface area contributed by atoms with Crippen LogP contribution in [0, 0.1) is 6.92 Å². The van der Waals surface area contributed by atoms with Crippen molar-refractivity contribution in [3.8, 4) is 0 Å². The first-order valence-corrected chi connectivity index (χ1v) is 7.22. The van der Waals surface area contributed by atoms with Crippen LogP contribution in [0.25, 0.3) is 0 Å². The predicted octanol–water partition coefficient (Wildman–Crippen LogP) is 1.71. The zero-order valence-electron chi connectivity index (χ0n) is 12.1. The van der Waals surface area contributed by atoms with Gasteiger partial charge >= 0.3 is 0 Å². The second kappa shape index (κ2) is 6.70. The molecule has 1 amide bonds. The summed E-state index contributed by atoms with van der Waals surface area (Å²) in [6, 6.07) is 3.09. The highest BCUT2D eigenvalue weighted by molar-refractivity contribution is 5.94. The highest BCUT2D eigenvalue weighted by Gasteiger charge is 2.23. The fraction of sp³-hybridized carbons (Fsp3) is 0.600. The van der Waals surface area contributed by atoms with Crippen molar-refractivity contribution in [3.63, 3.8) is 0 Å². The van der Waals surface area contributed by atoms with Gasteiger partial charge in [0.15, 0.2) is 0 Å². The minimum Gasteiger partial charge on any atom is -0.376 e. The zero-order valence-corrected chi connectivity index (χ0v) is 12.1. The average Bonchev–Trinajstić information content (AvgIpc) is 2.89. The topological polar surface area (TPSA) is 62.4 Å². The lowest BCUT2D eigenvalue weighted by Crippen LogP contribution is -2.38. The predicted molar refractivity (Wildman–Crippen MR) is 77.0 cm³/mol. The van der Waals surface area contributed by atoms with E-state index >= 15 is 0 Å². The van der Waals surface area contributed by atoms with Crippen LogP contribution in [0.15, 0.2) is 16.9 Å². The smallest absolute Gasteiger partial charge is 0.254 e. The standard InChI is InChI=1S/C15H22N2O3/c1-3-6-17(10-13-5-4-7-20-13)15(19)12-8-11(2)16-14(18)9-12/h8-9,13H,3-7,10H2,1-2H3,(H,16,18)/t13-/m0/s1. The number of hydrogen-bond donors (Lipinski definition) is 1. The number of pyridine rings is 1. The fourth-order valence-electron chi connectivity index (χ4n) is 2.57. The molecule has 1 aromatic heterocycles. The molecule has 0 bridgehead atoms. The van der Waals surface area contributed by atoms with Crippen LogP contribution >= 0.6 is 0 Å². The van der Waals surface area contributed by atoms with Gasteiger partial charge in [-0.3, -0.25) is 9.59 Å². The number of H-pyrrole nitrogens is 1. The summed E-state index contributed by atoms with van der Waals surface area (Å²) in [4.78, 5) is 28.5. The van der Waals surface area contributed by atoms with Crippen LogP contribution in [0.3, 0.4) is 0 Å². The number of ether oxygens (including phenoxy) is 1. The first-order valence-electron chi connectivity index (χ1n) is 7.22. The second-order valence-electron chi connectivity index (χ2n) is 5.30. The molecule has 1 saturated heterocycles. The van der Waals surface area contributed by atoms with Crippen molar-refractivity contribution < 1.29 is 9.53 Å². The molecule has 0 aliphatic carbocycles. The molecule has 1 fully saturated rings. The molecule has 1 aromatic rings. The van der Waals surface area contributed by atoms with E-state index in [4.69, 9.17) is 4.74 Å². The number of carbonyl (C=O) groups excluding carboxylic acids is 1. The molecule has 0 aromatic carbocycles. The van der Waals surface area contributed by atoms with Crippen LogP contribution in [0.2, 0.25) is 0 Å². The Morgan fingerprint density at radius 3 is 2.90 bits per heavy atom. The Labute approximate surface area is 118 Å². The van der Waals surface area contributed by atoms with Crippen LogP contribution in [-0.4, -0.2) is 41.6 Å².